The number of hydrogen-bond acceptors (Lipinski definition) is 10. The first-order chi connectivity index (χ1) is 26.0. The monoisotopic (exact) mass is 803 g/mol. The number of carbonyl (C=O) groups excluding carboxylic acids is 3. The van der Waals surface area contributed by atoms with Gasteiger partial charge in [-0.1, -0.05) is 12.2 Å². The van der Waals surface area contributed by atoms with Crippen LogP contribution in [0.1, 0.15) is 76.0 Å². The van der Waals surface area contributed by atoms with Gasteiger partial charge in [0, 0.05) is 42.4 Å². The Morgan fingerprint density at radius 3 is 2.56 bits per heavy atom. The number of allylic oxidation sites excluding steroid dienone is 2. The number of ether oxygens (including phenoxy) is 2. The molecule has 3 amide bonds. The average molecular weight is 804 g/mol. The van der Waals surface area contributed by atoms with E-state index in [9.17, 15) is 36.0 Å². The minimum Gasteiger partial charge on any atom is -0.496 e. The first-order valence-electron chi connectivity index (χ1n) is 18.4. The molecule has 2 aliphatic carbocycles. The molecule has 2 saturated carbocycles. The van der Waals surface area contributed by atoms with Crippen molar-refractivity contribution in [2.24, 2.45) is 11.3 Å². The van der Waals surface area contributed by atoms with Crippen molar-refractivity contribution in [2.75, 3.05) is 27.2 Å². The van der Waals surface area contributed by atoms with Gasteiger partial charge in [0.1, 0.15) is 34.3 Å². The molecule has 55 heavy (non-hydrogen) atoms. The van der Waals surface area contributed by atoms with E-state index in [-0.39, 0.29) is 41.9 Å². The lowest BCUT2D eigenvalue weighted by molar-refractivity contribution is -0.150. The summed E-state index contributed by atoms with van der Waals surface area (Å²) in [5, 5.41) is 1.53. The molecule has 0 unspecified atom stereocenters. The SMILES string of the molecule is COc1ccc2c(O[C@H]3CC[C@H]4C(=O)N(C)CCCC/C=C\[C@@H]5C[C@@]5(C(=O)NS(=O)(=O)C5(C)CC5)CC(=O)N4C3)cc(-c3nc(C(F)(F)F)cs3)nc2c1C. The zero-order chi connectivity index (χ0) is 39.5. The number of methoxy groups -OCH3 is 1. The van der Waals surface area contributed by atoms with E-state index in [1.807, 2.05) is 12.2 Å². The Morgan fingerprint density at radius 2 is 1.87 bits per heavy atom. The van der Waals surface area contributed by atoms with E-state index in [4.69, 9.17) is 9.47 Å². The Balaban J connectivity index is 1.21. The van der Waals surface area contributed by atoms with Gasteiger partial charge in [0.05, 0.1) is 29.3 Å². The lowest BCUT2D eigenvalue weighted by atomic mass is 9.93. The van der Waals surface area contributed by atoms with E-state index in [0.717, 1.165) is 36.0 Å². The third-order valence-corrected chi connectivity index (χ3v) is 14.6. The molecule has 7 rings (SSSR count). The average Bonchev–Trinajstić information content (AvgIpc) is 3.99. The predicted molar refractivity (Wildman–Crippen MR) is 199 cm³/mol. The number of piperidine rings is 1. The molecule has 2 aromatic heterocycles. The summed E-state index contributed by atoms with van der Waals surface area (Å²) in [6.07, 6.45) is 2.32. The summed E-state index contributed by atoms with van der Waals surface area (Å²) in [4.78, 5) is 53.8. The smallest absolute Gasteiger partial charge is 0.434 e. The molecule has 0 spiro atoms. The Hall–Kier alpha value is -4.25. The minimum atomic E-state index is -4.64. The van der Waals surface area contributed by atoms with Gasteiger partial charge in [-0.2, -0.15) is 13.2 Å². The van der Waals surface area contributed by atoms with Crippen LogP contribution in [0.5, 0.6) is 11.5 Å². The van der Waals surface area contributed by atoms with Crippen LogP contribution in [0.3, 0.4) is 0 Å². The zero-order valence-electron chi connectivity index (χ0n) is 31.1. The van der Waals surface area contributed by atoms with Crippen LogP contribution in [-0.4, -0.2) is 90.0 Å². The second-order valence-electron chi connectivity index (χ2n) is 15.4. The topological polar surface area (TPSA) is 148 Å². The highest BCUT2D eigenvalue weighted by Crippen LogP contribution is 2.57. The number of rotatable bonds is 7. The predicted octanol–water partition coefficient (Wildman–Crippen LogP) is 6.03. The number of sulfonamides is 1. The lowest BCUT2D eigenvalue weighted by Crippen LogP contribution is -2.57. The molecule has 17 heteroatoms. The van der Waals surface area contributed by atoms with Gasteiger partial charge in [-0.3, -0.25) is 19.1 Å². The summed E-state index contributed by atoms with van der Waals surface area (Å²) in [5.41, 5.74) is -1.09. The van der Waals surface area contributed by atoms with Gasteiger partial charge in [-0.15, -0.1) is 11.3 Å². The summed E-state index contributed by atoms with van der Waals surface area (Å²) in [5.74, 6) is -0.945. The van der Waals surface area contributed by atoms with Crippen LogP contribution in [0.2, 0.25) is 0 Å². The third kappa shape index (κ3) is 7.53. The maximum atomic E-state index is 14.5. The quantitative estimate of drug-likeness (QED) is 0.283. The summed E-state index contributed by atoms with van der Waals surface area (Å²) >= 11 is 0.802. The van der Waals surface area contributed by atoms with E-state index in [1.165, 1.54) is 18.1 Å². The maximum absolute atomic E-state index is 14.5. The van der Waals surface area contributed by atoms with Gasteiger partial charge < -0.3 is 19.3 Å². The summed E-state index contributed by atoms with van der Waals surface area (Å²) in [7, 11) is -0.761. The highest BCUT2D eigenvalue weighted by molar-refractivity contribution is 7.91. The van der Waals surface area contributed by atoms with Crippen LogP contribution in [0.15, 0.2) is 35.7 Å². The van der Waals surface area contributed by atoms with E-state index in [0.29, 0.717) is 60.2 Å². The number of hydrogen-bond donors (Lipinski definition) is 1. The number of nitrogens with one attached hydrogen (secondary N) is 1. The second kappa shape index (κ2) is 14.4. The standard InChI is InChI=1S/C38H44F3N5O7S2/c1-22-28(52-4)13-11-25-29(17-26(42-32(22)25)33-43-30(21-54-33)38(39,40)41)53-24-10-12-27-34(48)45(3)16-8-6-5-7-9-23-18-37(23,19-31(47)46(27)20-24)35(49)44-55(50,51)36(2)14-15-36/h7,9,11,13,17,21,23-24,27H,5-6,8,10,12,14-16,18-20H2,1-4H3,(H,44,49)/b9-7-/t23-,24+,27+,37-/m1/s1. The normalized spacial score (nSPS) is 26.4. The van der Waals surface area contributed by atoms with Crippen molar-refractivity contribution >= 4 is 50.0 Å². The second-order valence-corrected chi connectivity index (χ2v) is 18.5. The van der Waals surface area contributed by atoms with Gasteiger partial charge in [0.2, 0.25) is 27.7 Å². The summed E-state index contributed by atoms with van der Waals surface area (Å²) in [6, 6.07) is 4.17. The fourth-order valence-electron chi connectivity index (χ4n) is 7.60. The first kappa shape index (κ1) is 39.0. The molecule has 296 valence electrons. The number of aromatic nitrogens is 2. The Bertz CT molecular complexity index is 2170. The number of carbonyl (C=O) groups is 3. The van der Waals surface area contributed by atoms with E-state index >= 15 is 0 Å². The van der Waals surface area contributed by atoms with E-state index in [2.05, 4.69) is 14.7 Å². The zero-order valence-corrected chi connectivity index (χ0v) is 32.7. The van der Waals surface area contributed by atoms with Gasteiger partial charge in [-0.25, -0.2) is 18.4 Å². The number of amides is 3. The summed E-state index contributed by atoms with van der Waals surface area (Å²) in [6.45, 7) is 3.84. The number of nitrogens with zero attached hydrogens (tertiary/aromatic N) is 4. The number of thiazole rings is 1. The minimum absolute atomic E-state index is 0.0264. The number of pyridine rings is 1. The largest absolute Gasteiger partial charge is 0.496 e. The van der Waals surface area contributed by atoms with Crippen molar-refractivity contribution in [3.05, 3.63) is 47.0 Å². The number of halogens is 3. The molecule has 12 nitrogen and oxygen atoms in total. The van der Waals surface area contributed by atoms with Gasteiger partial charge in [0.15, 0.2) is 5.69 Å². The van der Waals surface area contributed by atoms with Gasteiger partial charge >= 0.3 is 6.18 Å². The van der Waals surface area contributed by atoms with Crippen LogP contribution in [0.25, 0.3) is 21.6 Å². The van der Waals surface area contributed by atoms with Crippen molar-refractivity contribution < 1.29 is 45.4 Å². The van der Waals surface area contributed by atoms with Gasteiger partial charge in [0.25, 0.3) is 0 Å². The van der Waals surface area contributed by atoms with Crippen LogP contribution in [-0.2, 0) is 30.6 Å². The third-order valence-electron chi connectivity index (χ3n) is 11.6. The fourth-order valence-corrected chi connectivity index (χ4v) is 9.72. The van der Waals surface area contributed by atoms with E-state index in [1.54, 1.807) is 37.9 Å². The van der Waals surface area contributed by atoms with E-state index < -0.39 is 56.0 Å². The molecule has 2 aliphatic heterocycles. The molecular formula is C38H44F3N5O7S2. The van der Waals surface area contributed by atoms with Crippen LogP contribution in [0, 0.1) is 18.3 Å². The molecule has 3 aromatic rings. The summed E-state index contributed by atoms with van der Waals surface area (Å²) < 4.78 is 80.2. The number of fused-ring (bicyclic) bond motifs is 3. The van der Waals surface area contributed by atoms with Crippen LogP contribution in [0.4, 0.5) is 13.2 Å². The van der Waals surface area contributed by atoms with Crippen molar-refractivity contribution in [1.29, 1.82) is 0 Å². The molecule has 4 heterocycles. The molecule has 4 aliphatic rings. The number of benzene rings is 1. The highest BCUT2D eigenvalue weighted by Gasteiger charge is 2.62. The molecule has 1 saturated heterocycles. The number of aryl methyl sites for hydroxylation is 1. The van der Waals surface area contributed by atoms with Crippen LogP contribution >= 0.6 is 11.3 Å². The van der Waals surface area contributed by atoms with Crippen molar-refractivity contribution in [3.63, 3.8) is 0 Å². The number of likely N-dealkylation sites (N-methyl/N-ethyl adjacent to an activating group) is 1. The Labute approximate surface area is 321 Å². The fraction of sp³-hybridized carbons (Fsp3) is 0.553. The molecule has 4 atom stereocenters. The Morgan fingerprint density at radius 1 is 1.11 bits per heavy atom. The van der Waals surface area contributed by atoms with Crippen molar-refractivity contribution in [1.82, 2.24) is 24.5 Å². The molecule has 1 N–H and O–H groups in total. The van der Waals surface area contributed by atoms with Crippen molar-refractivity contribution in [2.45, 2.75) is 94.7 Å². The van der Waals surface area contributed by atoms with Crippen LogP contribution < -0.4 is 14.2 Å². The maximum Gasteiger partial charge on any atom is 0.434 e. The molecule has 1 aromatic carbocycles. The first-order valence-corrected chi connectivity index (χ1v) is 20.8. The molecule has 3 fully saturated rings. The van der Waals surface area contributed by atoms with Crippen molar-refractivity contribution in [3.8, 4) is 22.2 Å². The molecule has 0 bridgehead atoms. The molecular weight excluding hydrogens is 760 g/mol. The Kier molecular flexibility index (Phi) is 10.2. The highest BCUT2D eigenvalue weighted by atomic mass is 32.2. The van der Waals surface area contributed by atoms with Gasteiger partial charge in [-0.05, 0) is 83.3 Å². The lowest BCUT2D eigenvalue weighted by Gasteiger charge is -2.41. The molecule has 0 radical (unpaired) electrons. The number of alkyl halides is 3.